The molecule has 144 valence electrons. The van der Waals surface area contributed by atoms with E-state index in [0.29, 0.717) is 5.82 Å². The van der Waals surface area contributed by atoms with Crippen molar-refractivity contribution in [3.63, 3.8) is 0 Å². The van der Waals surface area contributed by atoms with Gasteiger partial charge in [0.2, 0.25) is 23.5 Å². The Kier molecular flexibility index (Phi) is 6.98. The third-order valence-corrected chi connectivity index (χ3v) is 3.83. The maximum atomic E-state index is 12.5. The zero-order valence-corrected chi connectivity index (χ0v) is 15.1. The molecule has 0 aromatic carbocycles. The van der Waals surface area contributed by atoms with Gasteiger partial charge < -0.3 is 19.8 Å². The quantitative estimate of drug-likeness (QED) is 0.646. The number of amides is 2. The Hall–Kier alpha value is -3.30. The minimum absolute atomic E-state index is 0.00959. The Balaban J connectivity index is 1.97. The lowest BCUT2D eigenvalue weighted by atomic mass is 10.2. The standard InChI is InChI=1S/C17H21N5O5/c1-11(17(25)26)22(10-9-19-12(2)23)15(24)4-3-14-20-16(21-27-14)13-5-7-18-8-6-13/h5-8,11H,3-4,9-10H2,1-2H3,(H,19,23)(H,25,26). The first kappa shape index (κ1) is 20.0. The third kappa shape index (κ3) is 5.87. The highest BCUT2D eigenvalue weighted by atomic mass is 16.5. The van der Waals surface area contributed by atoms with Gasteiger partial charge in [-0.1, -0.05) is 5.16 Å². The van der Waals surface area contributed by atoms with Crippen molar-refractivity contribution in [1.29, 1.82) is 0 Å². The van der Waals surface area contributed by atoms with Crippen molar-refractivity contribution in [1.82, 2.24) is 25.3 Å². The second-order valence-corrected chi connectivity index (χ2v) is 5.83. The van der Waals surface area contributed by atoms with Crippen molar-refractivity contribution in [2.75, 3.05) is 13.1 Å². The van der Waals surface area contributed by atoms with Crippen LogP contribution in [0.15, 0.2) is 29.0 Å². The zero-order valence-electron chi connectivity index (χ0n) is 15.1. The van der Waals surface area contributed by atoms with Crippen LogP contribution in [0.5, 0.6) is 0 Å². The fraction of sp³-hybridized carbons (Fsp3) is 0.412. The monoisotopic (exact) mass is 375 g/mol. The molecule has 0 fully saturated rings. The number of aryl methyl sites for hydroxylation is 1. The predicted octanol–water partition coefficient (Wildman–Crippen LogP) is 0.502. The number of nitrogens with zero attached hydrogens (tertiary/aromatic N) is 4. The van der Waals surface area contributed by atoms with E-state index in [9.17, 15) is 19.5 Å². The number of aromatic nitrogens is 3. The first-order valence-corrected chi connectivity index (χ1v) is 8.38. The smallest absolute Gasteiger partial charge is 0.326 e. The molecule has 0 saturated heterocycles. The van der Waals surface area contributed by atoms with E-state index in [0.717, 1.165) is 5.56 Å². The number of aliphatic carboxylic acids is 1. The Bertz CT molecular complexity index is 792. The molecule has 0 aliphatic heterocycles. The van der Waals surface area contributed by atoms with Gasteiger partial charge in [-0.3, -0.25) is 14.6 Å². The number of carbonyl (C=O) groups is 3. The molecule has 0 aliphatic carbocycles. The molecular weight excluding hydrogens is 354 g/mol. The second-order valence-electron chi connectivity index (χ2n) is 5.83. The minimum Gasteiger partial charge on any atom is -0.480 e. The van der Waals surface area contributed by atoms with Crippen molar-refractivity contribution in [2.24, 2.45) is 0 Å². The van der Waals surface area contributed by atoms with Crippen LogP contribution in [0.25, 0.3) is 11.4 Å². The van der Waals surface area contributed by atoms with Crippen LogP contribution in [-0.4, -0.2) is 62.0 Å². The highest BCUT2D eigenvalue weighted by molar-refractivity contribution is 5.83. The molecule has 2 N–H and O–H groups in total. The van der Waals surface area contributed by atoms with Gasteiger partial charge in [0.05, 0.1) is 0 Å². The van der Waals surface area contributed by atoms with E-state index in [-0.39, 0.29) is 43.6 Å². The second kappa shape index (κ2) is 9.41. The summed E-state index contributed by atoms with van der Waals surface area (Å²) in [6.07, 6.45) is 3.40. The number of rotatable bonds is 9. The molecule has 0 aliphatic rings. The van der Waals surface area contributed by atoms with Crippen molar-refractivity contribution in [2.45, 2.75) is 32.7 Å². The number of hydrogen-bond acceptors (Lipinski definition) is 7. The summed E-state index contributed by atoms with van der Waals surface area (Å²) in [7, 11) is 0. The summed E-state index contributed by atoms with van der Waals surface area (Å²) in [6.45, 7) is 3.04. The average Bonchev–Trinajstić information content (AvgIpc) is 3.12. The number of nitrogens with one attached hydrogen (secondary N) is 1. The van der Waals surface area contributed by atoms with Crippen LogP contribution in [0.2, 0.25) is 0 Å². The predicted molar refractivity (Wildman–Crippen MR) is 93.3 cm³/mol. The summed E-state index contributed by atoms with van der Waals surface area (Å²) >= 11 is 0. The highest BCUT2D eigenvalue weighted by Crippen LogP contribution is 2.15. The van der Waals surface area contributed by atoms with Crippen LogP contribution in [0, 0.1) is 0 Å². The van der Waals surface area contributed by atoms with Crippen molar-refractivity contribution < 1.29 is 24.0 Å². The molecule has 2 aromatic heterocycles. The summed E-state index contributed by atoms with van der Waals surface area (Å²) in [5, 5.41) is 15.6. The van der Waals surface area contributed by atoms with Gasteiger partial charge >= 0.3 is 5.97 Å². The summed E-state index contributed by atoms with van der Waals surface area (Å²) in [6, 6.07) is 2.46. The lowest BCUT2D eigenvalue weighted by molar-refractivity contribution is -0.149. The topological polar surface area (TPSA) is 139 Å². The molecule has 27 heavy (non-hydrogen) atoms. The molecule has 0 saturated carbocycles. The molecule has 2 rings (SSSR count). The average molecular weight is 375 g/mol. The number of hydrogen-bond donors (Lipinski definition) is 2. The van der Waals surface area contributed by atoms with E-state index in [2.05, 4.69) is 20.4 Å². The van der Waals surface area contributed by atoms with E-state index < -0.39 is 12.0 Å². The van der Waals surface area contributed by atoms with E-state index in [1.807, 2.05) is 0 Å². The van der Waals surface area contributed by atoms with Gasteiger partial charge in [0.25, 0.3) is 0 Å². The molecule has 10 nitrogen and oxygen atoms in total. The van der Waals surface area contributed by atoms with Gasteiger partial charge in [-0.25, -0.2) is 4.79 Å². The third-order valence-electron chi connectivity index (χ3n) is 3.83. The van der Waals surface area contributed by atoms with E-state index in [4.69, 9.17) is 4.52 Å². The largest absolute Gasteiger partial charge is 0.480 e. The summed E-state index contributed by atoms with van der Waals surface area (Å²) in [5.74, 6) is -1.08. The van der Waals surface area contributed by atoms with Crippen molar-refractivity contribution in [3.05, 3.63) is 30.4 Å². The maximum absolute atomic E-state index is 12.5. The molecule has 2 amide bonds. The molecule has 1 unspecified atom stereocenters. The van der Waals surface area contributed by atoms with Gasteiger partial charge in [0, 0.05) is 50.8 Å². The zero-order chi connectivity index (χ0) is 19.8. The van der Waals surface area contributed by atoms with Gasteiger partial charge in [-0.2, -0.15) is 4.98 Å². The van der Waals surface area contributed by atoms with Gasteiger partial charge in [0.1, 0.15) is 6.04 Å². The number of carbonyl (C=O) groups excluding carboxylic acids is 2. The number of carboxylic acids is 1. The summed E-state index contributed by atoms with van der Waals surface area (Å²) in [4.78, 5) is 44.0. The Labute approximate surface area is 155 Å². The highest BCUT2D eigenvalue weighted by Gasteiger charge is 2.25. The summed E-state index contributed by atoms with van der Waals surface area (Å²) in [5.41, 5.74) is 0.739. The number of carboxylic acid groups (broad SMARTS) is 1. The van der Waals surface area contributed by atoms with Crippen molar-refractivity contribution in [3.8, 4) is 11.4 Å². The van der Waals surface area contributed by atoms with Gasteiger partial charge in [0.15, 0.2) is 0 Å². The number of pyridine rings is 1. The molecule has 0 spiro atoms. The molecular formula is C17H21N5O5. The molecule has 0 radical (unpaired) electrons. The Morgan fingerprint density at radius 3 is 2.63 bits per heavy atom. The van der Waals surface area contributed by atoms with Crippen LogP contribution in [0.3, 0.4) is 0 Å². The fourth-order valence-electron chi connectivity index (χ4n) is 2.35. The van der Waals surface area contributed by atoms with Crippen molar-refractivity contribution >= 4 is 17.8 Å². The Morgan fingerprint density at radius 1 is 1.30 bits per heavy atom. The summed E-state index contributed by atoms with van der Waals surface area (Å²) < 4.78 is 5.14. The molecule has 2 aromatic rings. The van der Waals surface area contributed by atoms with Gasteiger partial charge in [-0.05, 0) is 19.1 Å². The molecule has 1 atom stereocenters. The van der Waals surface area contributed by atoms with E-state index >= 15 is 0 Å². The lowest BCUT2D eigenvalue weighted by Gasteiger charge is -2.26. The van der Waals surface area contributed by atoms with E-state index in [1.165, 1.54) is 18.7 Å². The normalized spacial score (nSPS) is 11.6. The lowest BCUT2D eigenvalue weighted by Crippen LogP contribution is -2.46. The van der Waals surface area contributed by atoms with Crippen LogP contribution in [0.1, 0.15) is 26.2 Å². The minimum atomic E-state index is -1.12. The SMILES string of the molecule is CC(=O)NCCN(C(=O)CCc1nc(-c2ccncc2)no1)C(C)C(=O)O. The first-order valence-electron chi connectivity index (χ1n) is 8.38. The van der Waals surface area contributed by atoms with Crippen LogP contribution >= 0.6 is 0 Å². The van der Waals surface area contributed by atoms with Gasteiger partial charge in [-0.15, -0.1) is 0 Å². The van der Waals surface area contributed by atoms with Crippen LogP contribution in [0.4, 0.5) is 0 Å². The van der Waals surface area contributed by atoms with Crippen LogP contribution < -0.4 is 5.32 Å². The maximum Gasteiger partial charge on any atom is 0.326 e. The molecule has 10 heteroatoms. The molecule has 2 heterocycles. The molecule has 0 bridgehead atoms. The van der Waals surface area contributed by atoms with E-state index in [1.54, 1.807) is 24.5 Å². The Morgan fingerprint density at radius 2 is 2.00 bits per heavy atom. The van der Waals surface area contributed by atoms with Crippen LogP contribution in [-0.2, 0) is 20.8 Å². The fourth-order valence-corrected chi connectivity index (χ4v) is 2.35. The first-order chi connectivity index (χ1) is 12.9.